The second-order valence-corrected chi connectivity index (χ2v) is 7.55. The Balaban J connectivity index is 1.92. The molecule has 25 heavy (non-hydrogen) atoms. The average molecular weight is 351 g/mol. The van der Waals surface area contributed by atoms with Gasteiger partial charge in [-0.1, -0.05) is 37.1 Å². The van der Waals surface area contributed by atoms with Gasteiger partial charge in [-0.15, -0.1) is 0 Å². The van der Waals surface area contributed by atoms with Crippen LogP contribution in [0.4, 0.5) is 0 Å². The van der Waals surface area contributed by atoms with Gasteiger partial charge in [-0.05, 0) is 53.5 Å². The second-order valence-electron chi connectivity index (χ2n) is 6.90. The quantitative estimate of drug-likeness (QED) is 0.649. The van der Waals surface area contributed by atoms with Crippen molar-refractivity contribution in [2.75, 3.05) is 0 Å². The highest BCUT2D eigenvalue weighted by Gasteiger charge is 2.21. The zero-order chi connectivity index (χ0) is 17.4. The van der Waals surface area contributed by atoms with Crippen molar-refractivity contribution in [3.63, 3.8) is 0 Å². The SMILES string of the molecule is Cn1cc(-c2cc(SO)ccc2CCC2CC2)c2ccccc2c1=O. The Morgan fingerprint density at radius 1 is 1.12 bits per heavy atom. The Morgan fingerprint density at radius 3 is 2.60 bits per heavy atom. The van der Waals surface area contributed by atoms with Crippen LogP contribution >= 0.6 is 12.0 Å². The Bertz CT molecular complexity index is 989. The minimum absolute atomic E-state index is 0.0200. The van der Waals surface area contributed by atoms with Crippen molar-refractivity contribution in [1.29, 1.82) is 0 Å². The predicted octanol–water partition coefficient (Wildman–Crippen LogP) is 5.11. The first kappa shape index (κ1) is 16.4. The van der Waals surface area contributed by atoms with Gasteiger partial charge in [0.05, 0.1) is 0 Å². The van der Waals surface area contributed by atoms with Crippen molar-refractivity contribution in [3.05, 3.63) is 64.6 Å². The molecular formula is C21H21NO2S. The molecule has 2 aromatic carbocycles. The van der Waals surface area contributed by atoms with Gasteiger partial charge < -0.3 is 9.12 Å². The molecule has 1 aromatic heterocycles. The summed E-state index contributed by atoms with van der Waals surface area (Å²) >= 11 is 0.767. The van der Waals surface area contributed by atoms with E-state index in [0.717, 1.165) is 51.2 Å². The fourth-order valence-corrected chi connectivity index (χ4v) is 3.78. The van der Waals surface area contributed by atoms with E-state index in [1.165, 1.54) is 24.8 Å². The molecule has 1 fully saturated rings. The first-order valence-corrected chi connectivity index (χ1v) is 9.48. The summed E-state index contributed by atoms with van der Waals surface area (Å²) in [7, 11) is 1.80. The van der Waals surface area contributed by atoms with Gasteiger partial charge in [0.2, 0.25) is 0 Å². The van der Waals surface area contributed by atoms with Crippen LogP contribution in [0.5, 0.6) is 0 Å². The summed E-state index contributed by atoms with van der Waals surface area (Å²) < 4.78 is 11.2. The summed E-state index contributed by atoms with van der Waals surface area (Å²) in [5.74, 6) is 0.872. The van der Waals surface area contributed by atoms with Crippen LogP contribution in [0.2, 0.25) is 0 Å². The van der Waals surface area contributed by atoms with E-state index in [4.69, 9.17) is 0 Å². The van der Waals surface area contributed by atoms with Gasteiger partial charge in [0, 0.05) is 41.1 Å². The molecular weight excluding hydrogens is 330 g/mol. The normalized spacial score (nSPS) is 14.2. The van der Waals surface area contributed by atoms with Crippen LogP contribution in [0, 0.1) is 5.92 Å². The summed E-state index contributed by atoms with van der Waals surface area (Å²) in [5, 5.41) is 1.70. The standard InChI is InChI=1S/C21H21NO2S/c1-22-13-20(17-4-2-3-5-18(17)21(22)23)19-12-16(25-24)11-10-15(19)9-8-14-6-7-14/h2-5,10-14,24H,6-9H2,1H3. The van der Waals surface area contributed by atoms with Gasteiger partial charge in [-0.25, -0.2) is 0 Å². The third-order valence-corrected chi connectivity index (χ3v) is 5.55. The monoisotopic (exact) mass is 351 g/mol. The Morgan fingerprint density at radius 2 is 1.88 bits per heavy atom. The highest BCUT2D eigenvalue weighted by molar-refractivity contribution is 7.93. The van der Waals surface area contributed by atoms with Crippen LogP contribution < -0.4 is 5.56 Å². The molecule has 1 N–H and O–H groups in total. The lowest BCUT2D eigenvalue weighted by Crippen LogP contribution is -2.16. The summed E-state index contributed by atoms with van der Waals surface area (Å²) in [5.41, 5.74) is 3.48. The van der Waals surface area contributed by atoms with E-state index in [0.29, 0.717) is 0 Å². The number of nitrogens with zero attached hydrogens (tertiary/aromatic N) is 1. The molecule has 0 bridgehead atoms. The fourth-order valence-electron chi connectivity index (χ4n) is 3.48. The van der Waals surface area contributed by atoms with Gasteiger partial charge >= 0.3 is 0 Å². The van der Waals surface area contributed by atoms with E-state index in [1.54, 1.807) is 11.6 Å². The van der Waals surface area contributed by atoms with Crippen molar-refractivity contribution >= 4 is 22.8 Å². The molecule has 0 radical (unpaired) electrons. The molecule has 128 valence electrons. The maximum atomic E-state index is 12.5. The van der Waals surface area contributed by atoms with Gasteiger partial charge in [0.1, 0.15) is 0 Å². The minimum Gasteiger partial charge on any atom is -0.325 e. The second kappa shape index (κ2) is 6.70. The molecule has 0 saturated heterocycles. The lowest BCUT2D eigenvalue weighted by molar-refractivity contribution is 0.663. The number of rotatable bonds is 5. The zero-order valence-electron chi connectivity index (χ0n) is 14.2. The first-order valence-electron chi connectivity index (χ1n) is 8.70. The highest BCUT2D eigenvalue weighted by Crippen LogP contribution is 2.37. The molecule has 4 rings (SSSR count). The average Bonchev–Trinajstić information content (AvgIpc) is 3.47. The molecule has 0 unspecified atom stereocenters. The maximum absolute atomic E-state index is 12.5. The minimum atomic E-state index is 0.0200. The van der Waals surface area contributed by atoms with Crippen LogP contribution in [-0.2, 0) is 13.5 Å². The lowest BCUT2D eigenvalue weighted by Gasteiger charge is -2.15. The Labute approximate surface area is 151 Å². The lowest BCUT2D eigenvalue weighted by atomic mass is 9.93. The maximum Gasteiger partial charge on any atom is 0.258 e. The smallest absolute Gasteiger partial charge is 0.258 e. The van der Waals surface area contributed by atoms with Crippen molar-refractivity contribution in [2.45, 2.75) is 30.6 Å². The van der Waals surface area contributed by atoms with Crippen LogP contribution in [0.1, 0.15) is 24.8 Å². The van der Waals surface area contributed by atoms with Gasteiger partial charge in [-0.2, -0.15) is 0 Å². The number of benzene rings is 2. The zero-order valence-corrected chi connectivity index (χ0v) is 15.1. The molecule has 3 nitrogen and oxygen atoms in total. The molecule has 0 amide bonds. The molecule has 3 aromatic rings. The topological polar surface area (TPSA) is 42.2 Å². The Kier molecular flexibility index (Phi) is 4.40. The summed E-state index contributed by atoms with van der Waals surface area (Å²) in [4.78, 5) is 13.3. The van der Waals surface area contributed by atoms with Crippen molar-refractivity contribution < 1.29 is 4.55 Å². The molecule has 0 atom stereocenters. The van der Waals surface area contributed by atoms with Crippen LogP contribution in [0.15, 0.2) is 58.4 Å². The van der Waals surface area contributed by atoms with Crippen LogP contribution in [0.25, 0.3) is 21.9 Å². The first-order chi connectivity index (χ1) is 12.2. The summed E-state index contributed by atoms with van der Waals surface area (Å²) in [6.07, 6.45) is 6.87. The molecule has 1 aliphatic rings. The van der Waals surface area contributed by atoms with E-state index in [9.17, 15) is 9.35 Å². The third kappa shape index (κ3) is 3.24. The number of hydrogen-bond donors (Lipinski definition) is 1. The highest BCUT2D eigenvalue weighted by atomic mass is 32.2. The van der Waals surface area contributed by atoms with E-state index < -0.39 is 0 Å². The molecule has 4 heteroatoms. The Hall–Kier alpha value is -2.04. The van der Waals surface area contributed by atoms with Crippen molar-refractivity contribution in [1.82, 2.24) is 4.57 Å². The number of hydrogen-bond acceptors (Lipinski definition) is 3. The van der Waals surface area contributed by atoms with E-state index in [-0.39, 0.29) is 5.56 Å². The van der Waals surface area contributed by atoms with Crippen molar-refractivity contribution in [3.8, 4) is 11.1 Å². The largest absolute Gasteiger partial charge is 0.325 e. The molecule has 0 spiro atoms. The molecule has 0 aliphatic heterocycles. The molecule has 1 heterocycles. The number of fused-ring (bicyclic) bond motifs is 1. The number of aromatic nitrogens is 1. The van der Waals surface area contributed by atoms with Gasteiger partial charge in [-0.3, -0.25) is 4.79 Å². The van der Waals surface area contributed by atoms with Crippen LogP contribution in [0.3, 0.4) is 0 Å². The summed E-state index contributed by atoms with van der Waals surface area (Å²) in [6, 6.07) is 13.9. The van der Waals surface area contributed by atoms with E-state index in [2.05, 4.69) is 6.07 Å². The van der Waals surface area contributed by atoms with E-state index >= 15 is 0 Å². The molecule has 1 saturated carbocycles. The van der Waals surface area contributed by atoms with Crippen LogP contribution in [-0.4, -0.2) is 9.12 Å². The third-order valence-electron chi connectivity index (χ3n) is 5.09. The molecule has 1 aliphatic carbocycles. The van der Waals surface area contributed by atoms with Crippen molar-refractivity contribution in [2.24, 2.45) is 13.0 Å². The van der Waals surface area contributed by atoms with Gasteiger partial charge in [0.25, 0.3) is 5.56 Å². The fraction of sp³-hybridized carbons (Fsp3) is 0.286. The number of aryl methyl sites for hydroxylation is 2. The van der Waals surface area contributed by atoms with E-state index in [1.807, 2.05) is 42.6 Å². The number of pyridine rings is 1. The van der Waals surface area contributed by atoms with Gasteiger partial charge in [0.15, 0.2) is 0 Å². The summed E-state index contributed by atoms with van der Waals surface area (Å²) in [6.45, 7) is 0. The predicted molar refractivity (Wildman–Crippen MR) is 104 cm³/mol.